The Morgan fingerprint density at radius 3 is 2.95 bits per heavy atom. The molecule has 1 aromatic carbocycles. The van der Waals surface area contributed by atoms with Gasteiger partial charge in [0.15, 0.2) is 0 Å². The predicted octanol–water partition coefficient (Wildman–Crippen LogP) is 1.21. The molecule has 19 heavy (non-hydrogen) atoms. The highest BCUT2D eigenvalue weighted by Gasteiger charge is 2.18. The average molecular weight is 263 g/mol. The molecule has 0 bridgehead atoms. The average Bonchev–Trinajstić information content (AvgIpc) is 2.89. The van der Waals surface area contributed by atoms with Crippen LogP contribution in [0.3, 0.4) is 0 Å². The van der Waals surface area contributed by atoms with Crippen molar-refractivity contribution in [3.8, 4) is 0 Å². The first kappa shape index (κ1) is 13.5. The number of nitro groups is 1. The van der Waals surface area contributed by atoms with E-state index in [9.17, 15) is 14.9 Å². The van der Waals surface area contributed by atoms with Crippen LogP contribution < -0.4 is 10.6 Å². The van der Waals surface area contributed by atoms with Crippen molar-refractivity contribution in [3.05, 3.63) is 39.9 Å². The third-order valence-corrected chi connectivity index (χ3v) is 3.30. The Morgan fingerprint density at radius 1 is 1.47 bits per heavy atom. The van der Waals surface area contributed by atoms with Crippen LogP contribution in [-0.2, 0) is 11.3 Å². The number of amides is 1. The van der Waals surface area contributed by atoms with Crippen LogP contribution in [0.4, 0.5) is 5.69 Å². The van der Waals surface area contributed by atoms with Crippen LogP contribution in [0, 0.1) is 16.0 Å². The molecule has 0 saturated carbocycles. The van der Waals surface area contributed by atoms with Crippen molar-refractivity contribution in [1.82, 2.24) is 10.6 Å². The highest BCUT2D eigenvalue weighted by atomic mass is 16.6. The largest absolute Gasteiger partial charge is 0.352 e. The molecule has 0 spiro atoms. The van der Waals surface area contributed by atoms with Crippen molar-refractivity contribution in [3.63, 3.8) is 0 Å². The lowest BCUT2D eigenvalue weighted by Gasteiger charge is -2.09. The van der Waals surface area contributed by atoms with E-state index in [0.29, 0.717) is 17.9 Å². The number of carbonyl (C=O) groups excluding carboxylic acids is 1. The molecule has 1 aliphatic rings. The minimum absolute atomic E-state index is 0.0466. The summed E-state index contributed by atoms with van der Waals surface area (Å²) in [5, 5.41) is 16.8. The van der Waals surface area contributed by atoms with E-state index >= 15 is 0 Å². The normalized spacial score (nSPS) is 18.2. The van der Waals surface area contributed by atoms with Crippen LogP contribution in [0.15, 0.2) is 24.3 Å². The molecule has 1 atom stereocenters. The van der Waals surface area contributed by atoms with Gasteiger partial charge in [0.05, 0.1) is 4.92 Å². The standard InChI is InChI=1S/C13H17N3O3/c17-13(7-10-5-6-14-8-10)15-9-11-3-1-2-4-12(11)16(18)19/h1-4,10,14H,5-9H2,(H,15,17). The van der Waals surface area contributed by atoms with E-state index in [0.717, 1.165) is 19.5 Å². The predicted molar refractivity (Wildman–Crippen MR) is 70.5 cm³/mol. The fourth-order valence-electron chi connectivity index (χ4n) is 2.26. The minimum Gasteiger partial charge on any atom is -0.352 e. The summed E-state index contributed by atoms with van der Waals surface area (Å²) in [6.45, 7) is 2.04. The van der Waals surface area contributed by atoms with Crippen LogP contribution >= 0.6 is 0 Å². The molecule has 0 radical (unpaired) electrons. The molecule has 1 unspecified atom stereocenters. The zero-order chi connectivity index (χ0) is 13.7. The van der Waals surface area contributed by atoms with Crippen molar-refractivity contribution in [2.24, 2.45) is 5.92 Å². The number of nitrogens with one attached hydrogen (secondary N) is 2. The number of rotatable bonds is 5. The Balaban J connectivity index is 1.87. The molecule has 2 rings (SSSR count). The fraction of sp³-hybridized carbons (Fsp3) is 0.462. The second kappa shape index (κ2) is 6.29. The van der Waals surface area contributed by atoms with Crippen LogP contribution in [0.25, 0.3) is 0 Å². The molecular weight excluding hydrogens is 246 g/mol. The quantitative estimate of drug-likeness (QED) is 0.617. The van der Waals surface area contributed by atoms with Crippen molar-refractivity contribution in [2.75, 3.05) is 13.1 Å². The molecule has 1 aliphatic heterocycles. The summed E-state index contributed by atoms with van der Waals surface area (Å²) in [6, 6.07) is 6.46. The molecule has 1 fully saturated rings. The van der Waals surface area contributed by atoms with Gasteiger partial charge in [-0.25, -0.2) is 0 Å². The van der Waals surface area contributed by atoms with Crippen molar-refractivity contribution in [2.45, 2.75) is 19.4 Å². The first-order chi connectivity index (χ1) is 9.16. The van der Waals surface area contributed by atoms with Gasteiger partial charge in [0.25, 0.3) is 5.69 Å². The van der Waals surface area contributed by atoms with Gasteiger partial charge >= 0.3 is 0 Å². The molecule has 6 heteroatoms. The van der Waals surface area contributed by atoms with Gasteiger partial charge in [-0.05, 0) is 25.4 Å². The van der Waals surface area contributed by atoms with Gasteiger partial charge < -0.3 is 10.6 Å². The maximum atomic E-state index is 11.7. The number of para-hydroxylation sites is 1. The van der Waals surface area contributed by atoms with E-state index < -0.39 is 4.92 Å². The summed E-state index contributed by atoms with van der Waals surface area (Å²) in [5.74, 6) is 0.331. The van der Waals surface area contributed by atoms with E-state index in [-0.39, 0.29) is 18.1 Å². The fourth-order valence-corrected chi connectivity index (χ4v) is 2.26. The highest BCUT2D eigenvalue weighted by molar-refractivity contribution is 5.76. The summed E-state index contributed by atoms with van der Waals surface area (Å²) in [6.07, 6.45) is 1.49. The summed E-state index contributed by atoms with van der Waals surface area (Å²) < 4.78 is 0. The van der Waals surface area contributed by atoms with Crippen LogP contribution in [-0.4, -0.2) is 23.9 Å². The number of hydrogen-bond acceptors (Lipinski definition) is 4. The number of nitro benzene ring substituents is 1. The van der Waals surface area contributed by atoms with E-state index in [1.54, 1.807) is 18.2 Å². The Morgan fingerprint density at radius 2 is 2.26 bits per heavy atom. The maximum absolute atomic E-state index is 11.7. The molecule has 1 heterocycles. The summed E-state index contributed by atoms with van der Waals surface area (Å²) in [4.78, 5) is 22.1. The SMILES string of the molecule is O=C(CC1CCNC1)NCc1ccccc1[N+](=O)[O-]. The summed E-state index contributed by atoms with van der Waals surface area (Å²) >= 11 is 0. The Labute approximate surface area is 111 Å². The minimum atomic E-state index is -0.428. The molecule has 102 valence electrons. The number of benzene rings is 1. The molecule has 1 aromatic rings. The van der Waals surface area contributed by atoms with Gasteiger partial charge in [-0.15, -0.1) is 0 Å². The number of nitrogens with zero attached hydrogens (tertiary/aromatic N) is 1. The van der Waals surface area contributed by atoms with Crippen LogP contribution in [0.1, 0.15) is 18.4 Å². The van der Waals surface area contributed by atoms with E-state index in [4.69, 9.17) is 0 Å². The maximum Gasteiger partial charge on any atom is 0.274 e. The molecule has 0 aliphatic carbocycles. The van der Waals surface area contributed by atoms with Gasteiger partial charge in [-0.3, -0.25) is 14.9 Å². The third-order valence-electron chi connectivity index (χ3n) is 3.30. The van der Waals surface area contributed by atoms with E-state index in [2.05, 4.69) is 10.6 Å². The van der Waals surface area contributed by atoms with Crippen LogP contribution in [0.2, 0.25) is 0 Å². The Kier molecular flexibility index (Phi) is 4.46. The first-order valence-electron chi connectivity index (χ1n) is 6.36. The van der Waals surface area contributed by atoms with Crippen molar-refractivity contribution < 1.29 is 9.72 Å². The second-order valence-corrected chi connectivity index (χ2v) is 4.73. The van der Waals surface area contributed by atoms with Gasteiger partial charge in [-0.1, -0.05) is 18.2 Å². The lowest BCUT2D eigenvalue weighted by atomic mass is 10.0. The van der Waals surface area contributed by atoms with Crippen molar-refractivity contribution in [1.29, 1.82) is 0 Å². The molecule has 2 N–H and O–H groups in total. The van der Waals surface area contributed by atoms with E-state index in [1.165, 1.54) is 6.07 Å². The second-order valence-electron chi connectivity index (χ2n) is 4.73. The lowest BCUT2D eigenvalue weighted by Crippen LogP contribution is -2.26. The van der Waals surface area contributed by atoms with Gasteiger partial charge in [0.1, 0.15) is 0 Å². The molecular formula is C13H17N3O3. The topological polar surface area (TPSA) is 84.3 Å². The smallest absolute Gasteiger partial charge is 0.274 e. The molecule has 0 aromatic heterocycles. The summed E-state index contributed by atoms with van der Waals surface area (Å²) in [5.41, 5.74) is 0.579. The zero-order valence-corrected chi connectivity index (χ0v) is 10.6. The van der Waals surface area contributed by atoms with Gasteiger partial charge in [0.2, 0.25) is 5.91 Å². The zero-order valence-electron chi connectivity index (χ0n) is 10.6. The van der Waals surface area contributed by atoms with E-state index in [1.807, 2.05) is 0 Å². The highest BCUT2D eigenvalue weighted by Crippen LogP contribution is 2.17. The third kappa shape index (κ3) is 3.75. The van der Waals surface area contributed by atoms with Crippen LogP contribution in [0.5, 0.6) is 0 Å². The molecule has 1 amide bonds. The molecule has 6 nitrogen and oxygen atoms in total. The summed E-state index contributed by atoms with van der Waals surface area (Å²) in [7, 11) is 0. The van der Waals surface area contributed by atoms with Gasteiger partial charge in [0, 0.05) is 24.6 Å². The number of hydrogen-bond donors (Lipinski definition) is 2. The van der Waals surface area contributed by atoms with Crippen molar-refractivity contribution >= 4 is 11.6 Å². The first-order valence-corrected chi connectivity index (χ1v) is 6.36. The Hall–Kier alpha value is -1.95. The monoisotopic (exact) mass is 263 g/mol. The molecule has 1 saturated heterocycles. The lowest BCUT2D eigenvalue weighted by molar-refractivity contribution is -0.385. The number of carbonyl (C=O) groups is 1. The Bertz CT molecular complexity index is 470. The van der Waals surface area contributed by atoms with Gasteiger partial charge in [-0.2, -0.15) is 0 Å².